The first-order valence-electron chi connectivity index (χ1n) is 6.41. The van der Waals surface area contributed by atoms with Gasteiger partial charge in [0.25, 0.3) is 5.91 Å². The standard InChI is InChI=1S/C15H19NO3/c1-9(8-17)7-16-15(18)14-6-12-4-10(2)11(3)5-13(12)19-14/h4-6,9,17H,7-8H2,1-3H3,(H,16,18). The van der Waals surface area contributed by atoms with Crippen molar-refractivity contribution in [2.45, 2.75) is 20.8 Å². The quantitative estimate of drug-likeness (QED) is 0.888. The van der Waals surface area contributed by atoms with Gasteiger partial charge in [0.1, 0.15) is 5.58 Å². The molecule has 2 aromatic rings. The fourth-order valence-corrected chi connectivity index (χ4v) is 1.83. The van der Waals surface area contributed by atoms with Crippen LogP contribution in [0.25, 0.3) is 11.0 Å². The summed E-state index contributed by atoms with van der Waals surface area (Å²) in [6.07, 6.45) is 0. The number of rotatable bonds is 4. The van der Waals surface area contributed by atoms with E-state index in [4.69, 9.17) is 9.52 Å². The van der Waals surface area contributed by atoms with E-state index in [1.165, 1.54) is 5.56 Å². The Labute approximate surface area is 112 Å². The highest BCUT2D eigenvalue weighted by molar-refractivity contribution is 5.96. The van der Waals surface area contributed by atoms with Gasteiger partial charge in [-0.2, -0.15) is 0 Å². The van der Waals surface area contributed by atoms with Crippen LogP contribution < -0.4 is 5.32 Å². The molecule has 0 fully saturated rings. The summed E-state index contributed by atoms with van der Waals surface area (Å²) in [5.74, 6) is 0.106. The zero-order valence-electron chi connectivity index (χ0n) is 11.5. The zero-order valence-corrected chi connectivity index (χ0v) is 11.5. The maximum Gasteiger partial charge on any atom is 0.287 e. The summed E-state index contributed by atoms with van der Waals surface area (Å²) < 4.78 is 5.56. The fourth-order valence-electron chi connectivity index (χ4n) is 1.83. The Bertz CT molecular complexity index is 562. The smallest absolute Gasteiger partial charge is 0.287 e. The third-order valence-electron chi connectivity index (χ3n) is 3.28. The summed E-state index contributed by atoms with van der Waals surface area (Å²) in [6.45, 7) is 6.40. The number of amides is 1. The number of carbonyl (C=O) groups is 1. The van der Waals surface area contributed by atoms with Crippen molar-refractivity contribution in [3.8, 4) is 0 Å². The summed E-state index contributed by atoms with van der Waals surface area (Å²) in [6, 6.07) is 5.71. The number of aliphatic hydroxyl groups excluding tert-OH is 1. The van der Waals surface area contributed by atoms with Crippen molar-refractivity contribution in [2.75, 3.05) is 13.2 Å². The van der Waals surface area contributed by atoms with E-state index >= 15 is 0 Å². The summed E-state index contributed by atoms with van der Waals surface area (Å²) in [7, 11) is 0. The van der Waals surface area contributed by atoms with Crippen molar-refractivity contribution in [3.63, 3.8) is 0 Å². The average Bonchev–Trinajstić information content (AvgIpc) is 2.79. The number of hydrogen-bond donors (Lipinski definition) is 2. The van der Waals surface area contributed by atoms with Crippen LogP contribution in [0, 0.1) is 19.8 Å². The highest BCUT2D eigenvalue weighted by Crippen LogP contribution is 2.23. The lowest BCUT2D eigenvalue weighted by Gasteiger charge is -2.07. The minimum atomic E-state index is -0.244. The molecule has 1 heterocycles. The van der Waals surface area contributed by atoms with E-state index in [0.717, 1.165) is 16.5 Å². The van der Waals surface area contributed by atoms with Crippen LogP contribution in [0.3, 0.4) is 0 Å². The Morgan fingerprint density at radius 2 is 2.00 bits per heavy atom. The molecule has 1 atom stereocenters. The number of hydrogen-bond acceptors (Lipinski definition) is 3. The summed E-state index contributed by atoms with van der Waals surface area (Å²) in [5, 5.41) is 12.6. The van der Waals surface area contributed by atoms with Crippen molar-refractivity contribution < 1.29 is 14.3 Å². The van der Waals surface area contributed by atoms with Crippen LogP contribution in [0.2, 0.25) is 0 Å². The van der Waals surface area contributed by atoms with Crippen LogP contribution in [0.5, 0.6) is 0 Å². The monoisotopic (exact) mass is 261 g/mol. The topological polar surface area (TPSA) is 62.5 Å². The van der Waals surface area contributed by atoms with Crippen LogP contribution in [-0.4, -0.2) is 24.2 Å². The number of benzene rings is 1. The molecule has 1 amide bonds. The third-order valence-corrected chi connectivity index (χ3v) is 3.28. The highest BCUT2D eigenvalue weighted by Gasteiger charge is 2.13. The Balaban J connectivity index is 2.19. The molecule has 0 saturated carbocycles. The summed E-state index contributed by atoms with van der Waals surface area (Å²) in [4.78, 5) is 11.9. The molecule has 102 valence electrons. The largest absolute Gasteiger partial charge is 0.451 e. The van der Waals surface area contributed by atoms with E-state index in [1.807, 2.05) is 32.9 Å². The first-order chi connectivity index (χ1) is 9.01. The predicted octanol–water partition coefficient (Wildman–Crippen LogP) is 2.41. The zero-order chi connectivity index (χ0) is 14.0. The molecule has 0 aliphatic rings. The molecule has 0 aliphatic heterocycles. The van der Waals surface area contributed by atoms with Crippen LogP contribution in [0.4, 0.5) is 0 Å². The van der Waals surface area contributed by atoms with Gasteiger partial charge >= 0.3 is 0 Å². The maximum atomic E-state index is 11.9. The van der Waals surface area contributed by atoms with Crippen LogP contribution >= 0.6 is 0 Å². The van der Waals surface area contributed by atoms with Gasteiger partial charge in [-0.05, 0) is 49.1 Å². The SMILES string of the molecule is Cc1cc2cc(C(=O)NCC(C)CO)oc2cc1C. The summed E-state index contributed by atoms with van der Waals surface area (Å²) >= 11 is 0. The first-order valence-corrected chi connectivity index (χ1v) is 6.41. The number of furan rings is 1. The number of nitrogens with one attached hydrogen (secondary N) is 1. The second-order valence-corrected chi connectivity index (χ2v) is 5.08. The van der Waals surface area contributed by atoms with Crippen molar-refractivity contribution in [3.05, 3.63) is 35.1 Å². The van der Waals surface area contributed by atoms with Crippen LogP contribution in [0.1, 0.15) is 28.6 Å². The Kier molecular flexibility index (Phi) is 3.90. The second kappa shape index (κ2) is 5.45. The van der Waals surface area contributed by atoms with E-state index < -0.39 is 0 Å². The fraction of sp³-hybridized carbons (Fsp3) is 0.400. The third kappa shape index (κ3) is 2.96. The van der Waals surface area contributed by atoms with Crippen molar-refractivity contribution >= 4 is 16.9 Å². The molecule has 0 spiro atoms. The predicted molar refractivity (Wildman–Crippen MR) is 74.3 cm³/mol. The van der Waals surface area contributed by atoms with E-state index in [2.05, 4.69) is 5.32 Å². The van der Waals surface area contributed by atoms with Gasteiger partial charge in [-0.3, -0.25) is 4.79 Å². The Hall–Kier alpha value is -1.81. The van der Waals surface area contributed by atoms with Crippen LogP contribution in [0.15, 0.2) is 22.6 Å². The van der Waals surface area contributed by atoms with E-state index in [9.17, 15) is 4.79 Å². The van der Waals surface area contributed by atoms with Crippen LogP contribution in [-0.2, 0) is 0 Å². The van der Waals surface area contributed by atoms with Gasteiger partial charge in [-0.1, -0.05) is 6.92 Å². The molecule has 2 rings (SSSR count). The molecule has 4 heteroatoms. The molecule has 2 N–H and O–H groups in total. The maximum absolute atomic E-state index is 11.9. The highest BCUT2D eigenvalue weighted by atomic mass is 16.3. The van der Waals surface area contributed by atoms with Gasteiger partial charge < -0.3 is 14.8 Å². The van der Waals surface area contributed by atoms with E-state index in [0.29, 0.717) is 12.3 Å². The molecule has 4 nitrogen and oxygen atoms in total. The number of fused-ring (bicyclic) bond motifs is 1. The molecule has 1 aromatic carbocycles. The number of carbonyl (C=O) groups excluding carboxylic acids is 1. The number of aryl methyl sites for hydroxylation is 2. The first kappa shape index (κ1) is 13.6. The lowest BCUT2D eigenvalue weighted by atomic mass is 10.1. The van der Waals surface area contributed by atoms with E-state index in [1.54, 1.807) is 6.07 Å². The molecule has 0 aliphatic carbocycles. The van der Waals surface area contributed by atoms with Gasteiger partial charge in [0.05, 0.1) is 0 Å². The molecule has 1 aromatic heterocycles. The normalized spacial score (nSPS) is 12.6. The lowest BCUT2D eigenvalue weighted by molar-refractivity contribution is 0.0916. The Morgan fingerprint density at radius 1 is 1.32 bits per heavy atom. The van der Waals surface area contributed by atoms with Crippen molar-refractivity contribution in [2.24, 2.45) is 5.92 Å². The minimum Gasteiger partial charge on any atom is -0.451 e. The molecular weight excluding hydrogens is 242 g/mol. The molecule has 0 saturated heterocycles. The second-order valence-electron chi connectivity index (χ2n) is 5.08. The van der Waals surface area contributed by atoms with Crippen molar-refractivity contribution in [1.82, 2.24) is 5.32 Å². The minimum absolute atomic E-state index is 0.0396. The van der Waals surface area contributed by atoms with Gasteiger partial charge in [0.2, 0.25) is 0 Å². The van der Waals surface area contributed by atoms with Gasteiger partial charge in [0.15, 0.2) is 5.76 Å². The van der Waals surface area contributed by atoms with E-state index in [-0.39, 0.29) is 18.4 Å². The Morgan fingerprint density at radius 3 is 2.68 bits per heavy atom. The summed E-state index contributed by atoms with van der Waals surface area (Å²) in [5.41, 5.74) is 3.04. The molecule has 1 unspecified atom stereocenters. The molecule has 0 radical (unpaired) electrons. The molecule has 0 bridgehead atoms. The number of aliphatic hydroxyl groups is 1. The lowest BCUT2D eigenvalue weighted by Crippen LogP contribution is -2.29. The van der Waals surface area contributed by atoms with Crippen molar-refractivity contribution in [1.29, 1.82) is 0 Å². The molecule has 19 heavy (non-hydrogen) atoms. The molecular formula is C15H19NO3. The van der Waals surface area contributed by atoms with Gasteiger partial charge in [0, 0.05) is 18.5 Å². The average molecular weight is 261 g/mol. The van der Waals surface area contributed by atoms with Gasteiger partial charge in [-0.25, -0.2) is 0 Å². The van der Waals surface area contributed by atoms with Gasteiger partial charge in [-0.15, -0.1) is 0 Å².